The Balaban J connectivity index is 2.14. The Morgan fingerprint density at radius 3 is 2.68 bits per heavy atom. The van der Waals surface area contributed by atoms with Crippen molar-refractivity contribution >= 4 is 33.5 Å². The Morgan fingerprint density at radius 1 is 1.47 bits per heavy atom. The van der Waals surface area contributed by atoms with Gasteiger partial charge >= 0.3 is 5.97 Å². The molecule has 0 radical (unpaired) electrons. The molecule has 1 saturated heterocycles. The molecule has 0 saturated carbocycles. The Kier molecular flexibility index (Phi) is 6.12. The fourth-order valence-corrected chi connectivity index (χ4v) is 5.16. The van der Waals surface area contributed by atoms with Crippen LogP contribution in [0.2, 0.25) is 0 Å². The average Bonchev–Trinajstić information content (AvgIpc) is 2.66. The van der Waals surface area contributed by atoms with Crippen molar-refractivity contribution < 1.29 is 23.1 Å². The Morgan fingerprint density at radius 2 is 2.16 bits per heavy atom. The summed E-state index contributed by atoms with van der Waals surface area (Å²) < 4.78 is 22.5. The number of carboxylic acid groups (broad SMARTS) is 1. The normalized spacial score (nSPS) is 22.9. The van der Waals surface area contributed by atoms with Gasteiger partial charge < -0.3 is 10.4 Å². The number of carboxylic acids is 1. The predicted molar refractivity (Wildman–Crippen MR) is 73.9 cm³/mol. The molecule has 2 unspecified atom stereocenters. The van der Waals surface area contributed by atoms with E-state index in [1.807, 2.05) is 0 Å². The number of hydrogen-bond donors (Lipinski definition) is 2. The molecule has 1 aliphatic rings. The fraction of sp³-hybridized carbons (Fsp3) is 0.818. The summed E-state index contributed by atoms with van der Waals surface area (Å²) in [7, 11) is -2.90. The van der Waals surface area contributed by atoms with Crippen molar-refractivity contribution in [3.8, 4) is 0 Å². The van der Waals surface area contributed by atoms with Crippen molar-refractivity contribution in [1.82, 2.24) is 5.32 Å². The molecule has 2 atom stereocenters. The van der Waals surface area contributed by atoms with Crippen LogP contribution in [0.1, 0.15) is 19.8 Å². The molecule has 1 rings (SSSR count). The molecule has 0 aromatic heterocycles. The second-order valence-electron chi connectivity index (χ2n) is 4.71. The molecule has 1 amide bonds. The van der Waals surface area contributed by atoms with Gasteiger partial charge in [0.2, 0.25) is 5.91 Å². The molecular formula is C11H19NO5S2. The molecule has 0 spiro atoms. The standard InChI is InChI=1S/C11H19NO5S2/c1-8(11(14)15)2-4-12-10(13)6-18-9-3-5-19(16,17)7-9/h8-9H,2-7H2,1H3,(H,12,13)(H,14,15). The highest BCUT2D eigenvalue weighted by atomic mass is 32.2. The maximum atomic E-state index is 11.5. The van der Waals surface area contributed by atoms with Crippen LogP contribution < -0.4 is 5.32 Å². The number of thioether (sulfide) groups is 1. The molecule has 6 nitrogen and oxygen atoms in total. The van der Waals surface area contributed by atoms with Crippen molar-refractivity contribution in [1.29, 1.82) is 0 Å². The quantitative estimate of drug-likeness (QED) is 0.693. The largest absolute Gasteiger partial charge is 0.481 e. The minimum absolute atomic E-state index is 0.00805. The summed E-state index contributed by atoms with van der Waals surface area (Å²) in [5, 5.41) is 11.3. The van der Waals surface area contributed by atoms with Crippen LogP contribution in [0, 0.1) is 5.92 Å². The number of amides is 1. The van der Waals surface area contributed by atoms with Gasteiger partial charge in [-0.15, -0.1) is 11.8 Å². The van der Waals surface area contributed by atoms with E-state index >= 15 is 0 Å². The zero-order valence-corrected chi connectivity index (χ0v) is 12.4. The third-order valence-corrected chi connectivity index (χ3v) is 6.24. The first-order valence-corrected chi connectivity index (χ1v) is 8.98. The summed E-state index contributed by atoms with van der Waals surface area (Å²) in [5.74, 6) is -0.940. The maximum absolute atomic E-state index is 11.5. The van der Waals surface area contributed by atoms with Crippen LogP contribution in [-0.4, -0.2) is 54.5 Å². The van der Waals surface area contributed by atoms with Crippen molar-refractivity contribution in [3.05, 3.63) is 0 Å². The molecule has 1 aliphatic heterocycles. The van der Waals surface area contributed by atoms with Gasteiger partial charge in [-0.25, -0.2) is 8.42 Å². The molecule has 0 aromatic rings. The smallest absolute Gasteiger partial charge is 0.306 e. The maximum Gasteiger partial charge on any atom is 0.306 e. The lowest BCUT2D eigenvalue weighted by atomic mass is 10.1. The summed E-state index contributed by atoms with van der Waals surface area (Å²) in [4.78, 5) is 22.0. The number of carbonyl (C=O) groups excluding carboxylic acids is 1. The van der Waals surface area contributed by atoms with Gasteiger partial charge in [0, 0.05) is 11.8 Å². The Labute approximate surface area is 117 Å². The topological polar surface area (TPSA) is 101 Å². The second kappa shape index (κ2) is 7.14. The number of aliphatic carboxylic acids is 1. The van der Waals surface area contributed by atoms with Crippen LogP contribution in [0.3, 0.4) is 0 Å². The SMILES string of the molecule is CC(CCNC(=O)CSC1CCS(=O)(=O)C1)C(=O)O. The van der Waals surface area contributed by atoms with Crippen molar-refractivity contribution in [3.63, 3.8) is 0 Å². The van der Waals surface area contributed by atoms with Crippen LogP contribution in [0.5, 0.6) is 0 Å². The number of rotatable bonds is 7. The number of nitrogens with one attached hydrogen (secondary N) is 1. The van der Waals surface area contributed by atoms with E-state index in [1.165, 1.54) is 11.8 Å². The number of hydrogen-bond acceptors (Lipinski definition) is 5. The lowest BCUT2D eigenvalue weighted by Gasteiger charge is -2.09. The van der Waals surface area contributed by atoms with Gasteiger partial charge in [-0.3, -0.25) is 9.59 Å². The monoisotopic (exact) mass is 309 g/mol. The first-order valence-electron chi connectivity index (χ1n) is 6.11. The van der Waals surface area contributed by atoms with Gasteiger partial charge in [0.05, 0.1) is 23.2 Å². The Bertz CT molecular complexity index is 434. The molecule has 19 heavy (non-hydrogen) atoms. The van der Waals surface area contributed by atoms with E-state index < -0.39 is 21.7 Å². The third kappa shape index (κ3) is 6.29. The zero-order valence-electron chi connectivity index (χ0n) is 10.8. The molecule has 0 aliphatic carbocycles. The van der Waals surface area contributed by atoms with Gasteiger partial charge in [-0.2, -0.15) is 0 Å². The van der Waals surface area contributed by atoms with E-state index in [0.717, 1.165) is 0 Å². The van der Waals surface area contributed by atoms with Crippen LogP contribution in [0.4, 0.5) is 0 Å². The van der Waals surface area contributed by atoms with Crippen LogP contribution in [0.15, 0.2) is 0 Å². The summed E-state index contributed by atoms with van der Waals surface area (Å²) in [5.41, 5.74) is 0. The second-order valence-corrected chi connectivity index (χ2v) is 8.23. The van der Waals surface area contributed by atoms with Gasteiger partial charge in [0.1, 0.15) is 0 Å². The van der Waals surface area contributed by atoms with E-state index in [1.54, 1.807) is 6.92 Å². The summed E-state index contributed by atoms with van der Waals surface area (Å²) in [6.07, 6.45) is 1.000. The van der Waals surface area contributed by atoms with E-state index in [-0.39, 0.29) is 28.4 Å². The summed E-state index contributed by atoms with van der Waals surface area (Å²) >= 11 is 1.35. The highest BCUT2D eigenvalue weighted by Crippen LogP contribution is 2.23. The van der Waals surface area contributed by atoms with Crippen molar-refractivity contribution in [2.24, 2.45) is 5.92 Å². The summed E-state index contributed by atoms with van der Waals surface area (Å²) in [6, 6.07) is 0. The van der Waals surface area contributed by atoms with Gasteiger partial charge in [-0.1, -0.05) is 6.92 Å². The van der Waals surface area contributed by atoms with Gasteiger partial charge in [-0.05, 0) is 12.8 Å². The average molecular weight is 309 g/mol. The van der Waals surface area contributed by atoms with E-state index in [0.29, 0.717) is 19.4 Å². The number of carbonyl (C=O) groups is 2. The van der Waals surface area contributed by atoms with E-state index in [4.69, 9.17) is 5.11 Å². The fourth-order valence-electron chi connectivity index (χ4n) is 1.69. The Hall–Kier alpha value is -0.760. The minimum atomic E-state index is -2.90. The molecule has 0 aromatic carbocycles. The van der Waals surface area contributed by atoms with Crippen LogP contribution >= 0.6 is 11.8 Å². The lowest BCUT2D eigenvalue weighted by Crippen LogP contribution is -2.29. The van der Waals surface area contributed by atoms with Gasteiger partial charge in [0.15, 0.2) is 9.84 Å². The minimum Gasteiger partial charge on any atom is -0.481 e. The van der Waals surface area contributed by atoms with E-state index in [2.05, 4.69) is 5.32 Å². The van der Waals surface area contributed by atoms with Crippen LogP contribution in [-0.2, 0) is 19.4 Å². The van der Waals surface area contributed by atoms with Gasteiger partial charge in [0.25, 0.3) is 0 Å². The van der Waals surface area contributed by atoms with Crippen LogP contribution in [0.25, 0.3) is 0 Å². The van der Waals surface area contributed by atoms with Crippen molar-refractivity contribution in [2.75, 3.05) is 23.8 Å². The highest BCUT2D eigenvalue weighted by molar-refractivity contribution is 8.02. The molecular weight excluding hydrogens is 290 g/mol. The molecule has 110 valence electrons. The van der Waals surface area contributed by atoms with E-state index in [9.17, 15) is 18.0 Å². The molecule has 8 heteroatoms. The molecule has 1 heterocycles. The first-order chi connectivity index (χ1) is 8.80. The lowest BCUT2D eigenvalue weighted by molar-refractivity contribution is -0.141. The number of sulfone groups is 1. The molecule has 0 bridgehead atoms. The predicted octanol–water partition coefficient (Wildman–Crippen LogP) is 0.134. The molecule has 1 fully saturated rings. The highest BCUT2D eigenvalue weighted by Gasteiger charge is 2.28. The third-order valence-electron chi connectivity index (χ3n) is 2.96. The zero-order chi connectivity index (χ0) is 14.5. The van der Waals surface area contributed by atoms with Crippen molar-refractivity contribution in [2.45, 2.75) is 25.0 Å². The molecule has 2 N–H and O–H groups in total. The summed E-state index contributed by atoms with van der Waals surface area (Å²) in [6.45, 7) is 1.92. The first kappa shape index (κ1) is 16.3.